The van der Waals surface area contributed by atoms with E-state index in [4.69, 9.17) is 5.26 Å². The molecule has 0 atom stereocenters. The van der Waals surface area contributed by atoms with Crippen LogP contribution in [0.25, 0.3) is 0 Å². The van der Waals surface area contributed by atoms with Crippen LogP contribution in [0.5, 0.6) is 0 Å². The third-order valence-electron chi connectivity index (χ3n) is 3.07. The van der Waals surface area contributed by atoms with Gasteiger partial charge in [0.2, 0.25) is 5.95 Å². The summed E-state index contributed by atoms with van der Waals surface area (Å²) in [7, 11) is 0. The van der Waals surface area contributed by atoms with E-state index < -0.39 is 0 Å². The van der Waals surface area contributed by atoms with Crippen molar-refractivity contribution in [2.24, 2.45) is 0 Å². The first-order chi connectivity index (χ1) is 9.35. The Hall–Kier alpha value is -1.87. The van der Waals surface area contributed by atoms with Crippen molar-refractivity contribution in [1.82, 2.24) is 15.3 Å². The highest BCUT2D eigenvalue weighted by molar-refractivity contribution is 5.85. The third kappa shape index (κ3) is 4.05. The molecule has 0 amide bonds. The van der Waals surface area contributed by atoms with E-state index in [0.29, 0.717) is 18.1 Å². The average Bonchev–Trinajstić information content (AvgIpc) is 2.93. The van der Waals surface area contributed by atoms with Crippen molar-refractivity contribution in [1.29, 1.82) is 5.26 Å². The van der Waals surface area contributed by atoms with Crippen LogP contribution in [0.3, 0.4) is 0 Å². The molecule has 0 saturated heterocycles. The summed E-state index contributed by atoms with van der Waals surface area (Å²) in [5.74, 6) is 0.629. The number of fused-ring (bicyclic) bond motifs is 1. The van der Waals surface area contributed by atoms with Gasteiger partial charge >= 0.3 is 0 Å². The van der Waals surface area contributed by atoms with E-state index in [2.05, 4.69) is 26.7 Å². The number of nitrogens with zero attached hydrogens (tertiary/aromatic N) is 3. The van der Waals surface area contributed by atoms with Crippen LogP contribution in [0.4, 0.5) is 5.95 Å². The number of nitrogens with one attached hydrogen (secondary N) is 2. The molecule has 5 nitrogen and oxygen atoms in total. The first-order valence-electron chi connectivity index (χ1n) is 6.13. The molecule has 1 aromatic carbocycles. The predicted molar refractivity (Wildman–Crippen MR) is 85.6 cm³/mol. The summed E-state index contributed by atoms with van der Waals surface area (Å²) in [4.78, 5) is 8.74. The molecule has 3 rings (SSSR count). The maximum atomic E-state index is 8.85. The average molecular weight is 324 g/mol. The van der Waals surface area contributed by atoms with Crippen LogP contribution in [0.15, 0.2) is 30.5 Å². The standard InChI is InChI=1S/C14H13N5.2ClH/c15-5-10-2-1-3-11(4-10)6-17-14-18-8-12-7-16-9-13(12)19-14;;/h1-4,8,16H,6-7,9H2,(H,17,18,19);2*1H. The van der Waals surface area contributed by atoms with Crippen molar-refractivity contribution in [3.05, 3.63) is 52.8 Å². The van der Waals surface area contributed by atoms with Crippen molar-refractivity contribution >= 4 is 30.8 Å². The first kappa shape index (κ1) is 17.2. The lowest BCUT2D eigenvalue weighted by atomic mass is 10.1. The Labute approximate surface area is 135 Å². The van der Waals surface area contributed by atoms with Gasteiger partial charge in [-0.1, -0.05) is 12.1 Å². The highest BCUT2D eigenvalue weighted by Crippen LogP contribution is 2.14. The maximum Gasteiger partial charge on any atom is 0.223 e. The van der Waals surface area contributed by atoms with Crippen molar-refractivity contribution in [2.75, 3.05) is 5.32 Å². The van der Waals surface area contributed by atoms with Crippen molar-refractivity contribution < 1.29 is 0 Å². The minimum Gasteiger partial charge on any atom is -0.350 e. The number of halogens is 2. The van der Waals surface area contributed by atoms with E-state index in [1.54, 1.807) is 6.07 Å². The lowest BCUT2D eigenvalue weighted by Crippen LogP contribution is -2.05. The van der Waals surface area contributed by atoms with Gasteiger partial charge in [0, 0.05) is 31.4 Å². The molecule has 2 heterocycles. The largest absolute Gasteiger partial charge is 0.350 e. The molecule has 0 radical (unpaired) electrons. The Morgan fingerprint density at radius 2 is 2.14 bits per heavy atom. The number of anilines is 1. The zero-order chi connectivity index (χ0) is 13.1. The van der Waals surface area contributed by atoms with Gasteiger partial charge in [0.05, 0.1) is 17.3 Å². The molecule has 0 fully saturated rings. The third-order valence-corrected chi connectivity index (χ3v) is 3.07. The zero-order valence-corrected chi connectivity index (χ0v) is 12.8. The van der Waals surface area contributed by atoms with E-state index in [0.717, 1.165) is 29.9 Å². The fraction of sp³-hybridized carbons (Fsp3) is 0.214. The lowest BCUT2D eigenvalue weighted by Gasteiger charge is -2.06. The smallest absolute Gasteiger partial charge is 0.223 e. The number of hydrogen-bond acceptors (Lipinski definition) is 5. The summed E-state index contributed by atoms with van der Waals surface area (Å²) >= 11 is 0. The minimum atomic E-state index is 0. The Balaban J connectivity index is 0.00000110. The van der Waals surface area contributed by atoms with E-state index in [1.807, 2.05) is 24.4 Å². The second-order valence-corrected chi connectivity index (χ2v) is 4.43. The Bertz CT molecular complexity index is 654. The van der Waals surface area contributed by atoms with Crippen LogP contribution < -0.4 is 10.6 Å². The molecule has 1 aliphatic rings. The van der Waals surface area contributed by atoms with Gasteiger partial charge in [-0.25, -0.2) is 9.97 Å². The van der Waals surface area contributed by atoms with Crippen LogP contribution in [0.2, 0.25) is 0 Å². The molecule has 21 heavy (non-hydrogen) atoms. The molecule has 1 aromatic heterocycles. The number of nitriles is 1. The van der Waals surface area contributed by atoms with Gasteiger partial charge in [-0.3, -0.25) is 0 Å². The highest BCUT2D eigenvalue weighted by atomic mass is 35.5. The lowest BCUT2D eigenvalue weighted by molar-refractivity contribution is 0.757. The molecule has 2 aromatic rings. The Morgan fingerprint density at radius 1 is 1.29 bits per heavy atom. The maximum absolute atomic E-state index is 8.85. The van der Waals surface area contributed by atoms with Crippen LogP contribution in [-0.4, -0.2) is 9.97 Å². The van der Waals surface area contributed by atoms with E-state index in [-0.39, 0.29) is 24.8 Å². The summed E-state index contributed by atoms with van der Waals surface area (Å²) in [6.45, 7) is 2.26. The number of benzene rings is 1. The van der Waals surface area contributed by atoms with Gasteiger partial charge in [-0.15, -0.1) is 24.8 Å². The summed E-state index contributed by atoms with van der Waals surface area (Å²) in [5.41, 5.74) is 3.93. The van der Waals surface area contributed by atoms with Crippen LogP contribution >= 0.6 is 24.8 Å². The molecule has 0 unspecified atom stereocenters. The van der Waals surface area contributed by atoms with Gasteiger partial charge in [-0.05, 0) is 17.7 Å². The van der Waals surface area contributed by atoms with E-state index >= 15 is 0 Å². The summed E-state index contributed by atoms with van der Waals surface area (Å²) in [5, 5.41) is 15.3. The molecule has 1 aliphatic heterocycles. The first-order valence-corrected chi connectivity index (χ1v) is 6.13. The normalized spacial score (nSPS) is 11.6. The predicted octanol–water partition coefficient (Wildman–Crippen LogP) is 2.41. The van der Waals surface area contributed by atoms with Crippen LogP contribution in [0.1, 0.15) is 22.4 Å². The van der Waals surface area contributed by atoms with Crippen molar-refractivity contribution in [3.8, 4) is 6.07 Å². The number of rotatable bonds is 3. The van der Waals surface area contributed by atoms with Crippen molar-refractivity contribution in [2.45, 2.75) is 19.6 Å². The van der Waals surface area contributed by atoms with E-state index in [9.17, 15) is 0 Å². The molecule has 2 N–H and O–H groups in total. The van der Waals surface area contributed by atoms with E-state index in [1.165, 1.54) is 0 Å². The molecule has 110 valence electrons. The summed E-state index contributed by atoms with van der Waals surface area (Å²) in [6, 6.07) is 9.64. The summed E-state index contributed by atoms with van der Waals surface area (Å²) < 4.78 is 0. The number of aromatic nitrogens is 2. The molecule has 0 saturated carbocycles. The monoisotopic (exact) mass is 323 g/mol. The van der Waals surface area contributed by atoms with Gasteiger partial charge in [0.1, 0.15) is 0 Å². The van der Waals surface area contributed by atoms with Gasteiger partial charge in [0.15, 0.2) is 0 Å². The van der Waals surface area contributed by atoms with Crippen molar-refractivity contribution in [3.63, 3.8) is 0 Å². The molecule has 7 heteroatoms. The molecular weight excluding hydrogens is 309 g/mol. The Morgan fingerprint density at radius 3 is 2.95 bits per heavy atom. The van der Waals surface area contributed by atoms with Gasteiger partial charge < -0.3 is 10.6 Å². The zero-order valence-electron chi connectivity index (χ0n) is 11.2. The SMILES string of the molecule is Cl.Cl.N#Cc1cccc(CNc2ncc3c(n2)CNC3)c1. The topological polar surface area (TPSA) is 73.6 Å². The molecule has 0 bridgehead atoms. The minimum absolute atomic E-state index is 0. The highest BCUT2D eigenvalue weighted by Gasteiger charge is 2.12. The summed E-state index contributed by atoms with van der Waals surface area (Å²) in [6.07, 6.45) is 1.86. The fourth-order valence-electron chi connectivity index (χ4n) is 2.08. The fourth-order valence-corrected chi connectivity index (χ4v) is 2.08. The van der Waals surface area contributed by atoms with Crippen LogP contribution in [-0.2, 0) is 19.6 Å². The Kier molecular flexibility index (Phi) is 6.38. The molecule has 0 spiro atoms. The quantitative estimate of drug-likeness (QED) is 0.907. The second kappa shape index (κ2) is 7.79. The molecular formula is C14H15Cl2N5. The van der Waals surface area contributed by atoms with Crippen LogP contribution in [0, 0.1) is 11.3 Å². The van der Waals surface area contributed by atoms with Gasteiger partial charge in [-0.2, -0.15) is 5.26 Å². The molecule has 0 aliphatic carbocycles. The van der Waals surface area contributed by atoms with Gasteiger partial charge in [0.25, 0.3) is 0 Å². The second-order valence-electron chi connectivity index (χ2n) is 4.43. The number of hydrogen-bond donors (Lipinski definition) is 2.